The second kappa shape index (κ2) is 5.17. The molecule has 0 aliphatic heterocycles. The van der Waals surface area contributed by atoms with Crippen molar-refractivity contribution >= 4 is 49.6 Å². The summed E-state index contributed by atoms with van der Waals surface area (Å²) in [5, 5.41) is 6.29. The molecule has 0 aliphatic rings. The van der Waals surface area contributed by atoms with Crippen molar-refractivity contribution in [2.45, 2.75) is 13.3 Å². The van der Waals surface area contributed by atoms with Gasteiger partial charge in [0.1, 0.15) is 5.88 Å². The number of amides is 1. The number of carbonyl (C=O) groups excluding carboxylic acids is 1. The molecule has 2 nitrogen and oxygen atoms in total. The van der Waals surface area contributed by atoms with Crippen molar-refractivity contribution in [2.75, 3.05) is 12.4 Å². The molecule has 0 radical (unpaired) electrons. The van der Waals surface area contributed by atoms with E-state index in [1.165, 1.54) is 19.8 Å². The summed E-state index contributed by atoms with van der Waals surface area (Å²) in [6, 6.07) is 2.22. The largest absolute Gasteiger partial charge is 0.355 e. The molecule has 0 fully saturated rings. The number of alkyl halides is 1. The van der Waals surface area contributed by atoms with Crippen molar-refractivity contribution in [3.05, 3.63) is 21.9 Å². The molecule has 86 valence electrons. The number of carbonyl (C=O) groups is 1. The van der Waals surface area contributed by atoms with Gasteiger partial charge in [-0.1, -0.05) is 0 Å². The SMILES string of the molecule is Cc1cc2c(CCNC(=O)CCl)csc2s1. The lowest BCUT2D eigenvalue weighted by atomic mass is 10.2. The number of fused-ring (bicyclic) bond motifs is 1. The highest BCUT2D eigenvalue weighted by Gasteiger charge is 2.07. The highest BCUT2D eigenvalue weighted by Crippen LogP contribution is 2.33. The standard InChI is InChI=1S/C11H12ClNOS2/c1-7-4-9-8(6-15-11(9)16-7)2-3-13-10(14)5-12/h4,6H,2-3,5H2,1H3,(H,13,14). The number of rotatable bonds is 4. The Hall–Kier alpha value is -0.580. The summed E-state index contributed by atoms with van der Waals surface area (Å²) in [7, 11) is 0. The second-order valence-electron chi connectivity index (χ2n) is 3.55. The molecule has 16 heavy (non-hydrogen) atoms. The summed E-state index contributed by atoms with van der Waals surface area (Å²) in [4.78, 5) is 12.3. The molecule has 2 heterocycles. The van der Waals surface area contributed by atoms with Crippen LogP contribution in [0.3, 0.4) is 0 Å². The van der Waals surface area contributed by atoms with Crippen LogP contribution < -0.4 is 5.32 Å². The molecule has 0 spiro atoms. The summed E-state index contributed by atoms with van der Waals surface area (Å²) in [5.41, 5.74) is 1.32. The summed E-state index contributed by atoms with van der Waals surface area (Å²) in [5.74, 6) is -0.0639. The predicted molar refractivity (Wildman–Crippen MR) is 71.9 cm³/mol. The Labute approximate surface area is 107 Å². The zero-order valence-corrected chi connectivity index (χ0v) is 11.3. The molecule has 1 amide bonds. The Morgan fingerprint density at radius 2 is 2.38 bits per heavy atom. The van der Waals surface area contributed by atoms with Gasteiger partial charge in [-0.3, -0.25) is 4.79 Å². The van der Waals surface area contributed by atoms with Crippen LogP contribution in [0.4, 0.5) is 0 Å². The average molecular weight is 274 g/mol. The smallest absolute Gasteiger partial charge is 0.234 e. The molecule has 5 heteroatoms. The summed E-state index contributed by atoms with van der Waals surface area (Å²) < 4.78 is 1.37. The van der Waals surface area contributed by atoms with E-state index in [0.717, 1.165) is 6.42 Å². The van der Waals surface area contributed by atoms with E-state index in [9.17, 15) is 4.79 Å². The summed E-state index contributed by atoms with van der Waals surface area (Å²) in [6.45, 7) is 2.78. The van der Waals surface area contributed by atoms with Crippen LogP contribution in [0.1, 0.15) is 10.4 Å². The fourth-order valence-corrected chi connectivity index (χ4v) is 3.98. The molecule has 0 saturated carbocycles. The van der Waals surface area contributed by atoms with Crippen molar-refractivity contribution in [1.82, 2.24) is 5.32 Å². The molecule has 0 atom stereocenters. The molecule has 1 N–H and O–H groups in total. The van der Waals surface area contributed by atoms with Crippen LogP contribution in [0.15, 0.2) is 11.4 Å². The maximum absolute atomic E-state index is 11.0. The van der Waals surface area contributed by atoms with Gasteiger partial charge in [0.2, 0.25) is 5.91 Å². The first-order chi connectivity index (χ1) is 7.70. The third-order valence-electron chi connectivity index (χ3n) is 2.31. The van der Waals surface area contributed by atoms with E-state index in [-0.39, 0.29) is 11.8 Å². The third-order valence-corrected chi connectivity index (χ3v) is 4.78. The first-order valence-corrected chi connectivity index (χ1v) is 7.23. The summed E-state index contributed by atoms with van der Waals surface area (Å²) in [6.07, 6.45) is 0.874. The van der Waals surface area contributed by atoms with Crippen LogP contribution in [0.25, 0.3) is 9.40 Å². The van der Waals surface area contributed by atoms with E-state index in [1.807, 2.05) is 11.3 Å². The van der Waals surface area contributed by atoms with Crippen LogP contribution in [0.2, 0.25) is 0 Å². The van der Waals surface area contributed by atoms with Gasteiger partial charge >= 0.3 is 0 Å². The molecule has 0 aromatic carbocycles. The second-order valence-corrected chi connectivity index (χ2v) is 6.21. The molecule has 2 aromatic heterocycles. The Morgan fingerprint density at radius 1 is 1.56 bits per heavy atom. The van der Waals surface area contributed by atoms with Gasteiger partial charge in [-0.25, -0.2) is 0 Å². The lowest BCUT2D eigenvalue weighted by molar-refractivity contribution is -0.118. The highest BCUT2D eigenvalue weighted by atomic mass is 35.5. The van der Waals surface area contributed by atoms with Crippen LogP contribution in [-0.4, -0.2) is 18.3 Å². The lowest BCUT2D eigenvalue weighted by Gasteiger charge is -2.01. The van der Waals surface area contributed by atoms with E-state index in [0.29, 0.717) is 6.54 Å². The topological polar surface area (TPSA) is 29.1 Å². The molecule has 2 aromatic rings. The monoisotopic (exact) mass is 273 g/mol. The normalized spacial score (nSPS) is 10.9. The fraction of sp³-hybridized carbons (Fsp3) is 0.364. The fourth-order valence-electron chi connectivity index (χ4n) is 1.57. The zero-order chi connectivity index (χ0) is 11.5. The van der Waals surface area contributed by atoms with Crippen molar-refractivity contribution in [3.63, 3.8) is 0 Å². The van der Waals surface area contributed by atoms with Crippen LogP contribution in [0.5, 0.6) is 0 Å². The number of aryl methyl sites for hydroxylation is 1. The Kier molecular flexibility index (Phi) is 3.84. The number of halogens is 1. The van der Waals surface area contributed by atoms with Crippen LogP contribution in [0, 0.1) is 6.92 Å². The first-order valence-electron chi connectivity index (χ1n) is 5.00. The molecule has 2 rings (SSSR count). The molecular weight excluding hydrogens is 262 g/mol. The lowest BCUT2D eigenvalue weighted by Crippen LogP contribution is -2.26. The van der Waals surface area contributed by atoms with Gasteiger partial charge in [-0.15, -0.1) is 34.3 Å². The highest BCUT2D eigenvalue weighted by molar-refractivity contribution is 7.37. The first kappa shape index (κ1) is 11.9. The van der Waals surface area contributed by atoms with E-state index in [1.54, 1.807) is 11.3 Å². The van der Waals surface area contributed by atoms with Crippen LogP contribution >= 0.6 is 34.3 Å². The predicted octanol–water partition coefficient (Wildman–Crippen LogP) is 3.17. The number of hydrogen-bond donors (Lipinski definition) is 1. The van der Waals surface area contributed by atoms with Gasteiger partial charge in [0, 0.05) is 16.8 Å². The van der Waals surface area contributed by atoms with Gasteiger partial charge in [0.05, 0.1) is 4.01 Å². The Balaban J connectivity index is 2.01. The Bertz CT molecular complexity index is 503. The number of hydrogen-bond acceptors (Lipinski definition) is 3. The van der Waals surface area contributed by atoms with E-state index in [4.69, 9.17) is 11.6 Å². The molecule has 0 aliphatic carbocycles. The maximum Gasteiger partial charge on any atom is 0.234 e. The van der Waals surface area contributed by atoms with Crippen molar-refractivity contribution in [1.29, 1.82) is 0 Å². The van der Waals surface area contributed by atoms with Crippen molar-refractivity contribution in [2.24, 2.45) is 0 Å². The summed E-state index contributed by atoms with van der Waals surface area (Å²) >= 11 is 9.01. The minimum Gasteiger partial charge on any atom is -0.355 e. The number of thiophene rings is 2. The minimum absolute atomic E-state index is 0.0383. The quantitative estimate of drug-likeness (QED) is 0.852. The van der Waals surface area contributed by atoms with Crippen molar-refractivity contribution < 1.29 is 4.79 Å². The van der Waals surface area contributed by atoms with Gasteiger partial charge in [-0.2, -0.15) is 0 Å². The average Bonchev–Trinajstić information content (AvgIpc) is 2.78. The molecule has 0 saturated heterocycles. The third kappa shape index (κ3) is 2.56. The molecular formula is C11H12ClNOS2. The van der Waals surface area contributed by atoms with Crippen LogP contribution in [-0.2, 0) is 11.2 Å². The van der Waals surface area contributed by atoms with E-state index < -0.39 is 0 Å². The van der Waals surface area contributed by atoms with E-state index >= 15 is 0 Å². The van der Waals surface area contributed by atoms with E-state index in [2.05, 4.69) is 23.7 Å². The van der Waals surface area contributed by atoms with Gasteiger partial charge in [-0.05, 0) is 30.4 Å². The van der Waals surface area contributed by atoms with Gasteiger partial charge < -0.3 is 5.32 Å². The zero-order valence-electron chi connectivity index (χ0n) is 8.88. The van der Waals surface area contributed by atoms with Gasteiger partial charge in [0.25, 0.3) is 0 Å². The Morgan fingerprint density at radius 3 is 3.12 bits per heavy atom. The molecule has 0 unspecified atom stereocenters. The number of nitrogens with one attached hydrogen (secondary N) is 1. The maximum atomic E-state index is 11.0. The molecule has 0 bridgehead atoms. The van der Waals surface area contributed by atoms with Gasteiger partial charge in [0.15, 0.2) is 0 Å². The van der Waals surface area contributed by atoms with Crippen molar-refractivity contribution in [3.8, 4) is 0 Å². The minimum atomic E-state index is -0.102.